The van der Waals surface area contributed by atoms with Crippen LogP contribution < -0.4 is 5.32 Å². The SMILES string of the molecule is C#CC(NC)C1CCCC(C(F)(F)F)C1. The maximum atomic E-state index is 12.5. The normalized spacial score (nSPS) is 29.5. The summed E-state index contributed by atoms with van der Waals surface area (Å²) in [7, 11) is 1.70. The van der Waals surface area contributed by atoms with Crippen molar-refractivity contribution >= 4 is 0 Å². The summed E-state index contributed by atoms with van der Waals surface area (Å²) in [6.07, 6.45) is 3.04. The predicted molar refractivity (Wildman–Crippen MR) is 53.2 cm³/mol. The molecule has 0 heterocycles. The Morgan fingerprint density at radius 1 is 1.40 bits per heavy atom. The zero-order valence-corrected chi connectivity index (χ0v) is 8.77. The minimum atomic E-state index is -4.06. The highest BCUT2D eigenvalue weighted by Crippen LogP contribution is 2.40. The molecule has 0 aromatic rings. The van der Waals surface area contributed by atoms with Gasteiger partial charge >= 0.3 is 6.18 Å². The summed E-state index contributed by atoms with van der Waals surface area (Å²) in [5, 5.41) is 2.89. The van der Waals surface area contributed by atoms with Gasteiger partial charge in [0.2, 0.25) is 0 Å². The van der Waals surface area contributed by atoms with Crippen molar-refractivity contribution in [3.63, 3.8) is 0 Å². The van der Waals surface area contributed by atoms with Crippen LogP contribution in [0, 0.1) is 24.2 Å². The molecule has 1 rings (SSSR count). The number of rotatable bonds is 2. The monoisotopic (exact) mass is 219 g/mol. The lowest BCUT2D eigenvalue weighted by atomic mass is 9.77. The molecule has 0 spiro atoms. The van der Waals surface area contributed by atoms with E-state index in [2.05, 4.69) is 11.2 Å². The summed E-state index contributed by atoms with van der Waals surface area (Å²) >= 11 is 0. The first-order valence-electron chi connectivity index (χ1n) is 5.19. The van der Waals surface area contributed by atoms with Gasteiger partial charge in [-0.3, -0.25) is 0 Å². The van der Waals surface area contributed by atoms with E-state index in [0.717, 1.165) is 6.42 Å². The number of hydrogen-bond acceptors (Lipinski definition) is 1. The zero-order chi connectivity index (χ0) is 11.5. The second kappa shape index (κ2) is 4.89. The van der Waals surface area contributed by atoms with Crippen LogP contribution >= 0.6 is 0 Å². The summed E-state index contributed by atoms with van der Waals surface area (Å²) in [5.41, 5.74) is 0. The first-order chi connectivity index (χ1) is 6.99. The van der Waals surface area contributed by atoms with E-state index in [0.29, 0.717) is 6.42 Å². The third-order valence-corrected chi connectivity index (χ3v) is 3.14. The van der Waals surface area contributed by atoms with Gasteiger partial charge in [-0.1, -0.05) is 12.3 Å². The Bertz CT molecular complexity index is 241. The molecule has 0 aromatic carbocycles. The Morgan fingerprint density at radius 3 is 2.53 bits per heavy atom. The smallest absolute Gasteiger partial charge is 0.307 e. The van der Waals surface area contributed by atoms with Crippen molar-refractivity contribution < 1.29 is 13.2 Å². The van der Waals surface area contributed by atoms with Crippen LogP contribution in [0.25, 0.3) is 0 Å². The lowest BCUT2D eigenvalue weighted by molar-refractivity contribution is -0.186. The summed E-state index contributed by atoms with van der Waals surface area (Å²) in [6.45, 7) is 0. The second-order valence-corrected chi connectivity index (χ2v) is 4.10. The van der Waals surface area contributed by atoms with Gasteiger partial charge in [0.05, 0.1) is 12.0 Å². The van der Waals surface area contributed by atoms with Crippen LogP contribution in [0.15, 0.2) is 0 Å². The molecule has 1 N–H and O–H groups in total. The molecule has 1 aliphatic rings. The van der Waals surface area contributed by atoms with Gasteiger partial charge in [-0.25, -0.2) is 0 Å². The maximum Gasteiger partial charge on any atom is 0.391 e. The number of terminal acetylenes is 1. The molecule has 0 amide bonds. The molecule has 1 saturated carbocycles. The van der Waals surface area contributed by atoms with Gasteiger partial charge in [-0.2, -0.15) is 13.2 Å². The molecule has 3 unspecified atom stereocenters. The van der Waals surface area contributed by atoms with Crippen molar-refractivity contribution in [1.82, 2.24) is 5.32 Å². The van der Waals surface area contributed by atoms with Crippen LogP contribution in [0.3, 0.4) is 0 Å². The second-order valence-electron chi connectivity index (χ2n) is 4.10. The molecule has 0 saturated heterocycles. The van der Waals surface area contributed by atoms with Gasteiger partial charge in [0, 0.05) is 0 Å². The van der Waals surface area contributed by atoms with E-state index in [-0.39, 0.29) is 24.8 Å². The van der Waals surface area contributed by atoms with Gasteiger partial charge in [0.1, 0.15) is 0 Å². The summed E-state index contributed by atoms with van der Waals surface area (Å²) in [6, 6.07) is -0.227. The molecular formula is C11H16F3N. The van der Waals surface area contributed by atoms with Crippen molar-refractivity contribution in [3.05, 3.63) is 0 Å². The number of halogens is 3. The Morgan fingerprint density at radius 2 is 2.07 bits per heavy atom. The van der Waals surface area contributed by atoms with Gasteiger partial charge < -0.3 is 5.32 Å². The minimum absolute atomic E-state index is 0.0413. The Labute approximate surface area is 88.4 Å². The molecule has 1 nitrogen and oxygen atoms in total. The van der Waals surface area contributed by atoms with E-state index in [1.807, 2.05) is 0 Å². The molecule has 1 fully saturated rings. The predicted octanol–water partition coefficient (Wildman–Crippen LogP) is 2.58. The highest BCUT2D eigenvalue weighted by Gasteiger charge is 2.43. The van der Waals surface area contributed by atoms with Crippen LogP contribution in [0.2, 0.25) is 0 Å². The molecule has 15 heavy (non-hydrogen) atoms. The van der Waals surface area contributed by atoms with E-state index >= 15 is 0 Å². The van der Waals surface area contributed by atoms with Crippen LogP contribution in [-0.2, 0) is 0 Å². The summed E-state index contributed by atoms with van der Waals surface area (Å²) in [4.78, 5) is 0. The fourth-order valence-corrected chi connectivity index (χ4v) is 2.28. The third kappa shape index (κ3) is 3.13. The topological polar surface area (TPSA) is 12.0 Å². The first-order valence-corrected chi connectivity index (χ1v) is 5.19. The number of hydrogen-bond donors (Lipinski definition) is 1. The first kappa shape index (κ1) is 12.4. The number of nitrogens with one attached hydrogen (secondary N) is 1. The Balaban J connectivity index is 2.60. The zero-order valence-electron chi connectivity index (χ0n) is 8.77. The molecule has 3 atom stereocenters. The van der Waals surface area contributed by atoms with Crippen molar-refractivity contribution in [2.45, 2.75) is 37.9 Å². The quantitative estimate of drug-likeness (QED) is 0.704. The molecular weight excluding hydrogens is 203 g/mol. The van der Waals surface area contributed by atoms with Crippen LogP contribution in [0.1, 0.15) is 25.7 Å². The van der Waals surface area contributed by atoms with E-state index in [1.165, 1.54) is 0 Å². The highest BCUT2D eigenvalue weighted by atomic mass is 19.4. The molecule has 0 radical (unpaired) electrons. The van der Waals surface area contributed by atoms with Gasteiger partial charge in [0.15, 0.2) is 0 Å². The van der Waals surface area contributed by atoms with Gasteiger partial charge in [-0.15, -0.1) is 6.42 Å². The van der Waals surface area contributed by atoms with Gasteiger partial charge in [-0.05, 0) is 32.2 Å². The molecule has 0 aromatic heterocycles. The fourth-order valence-electron chi connectivity index (χ4n) is 2.28. The molecule has 4 heteroatoms. The average molecular weight is 219 g/mol. The largest absolute Gasteiger partial charge is 0.391 e. The lowest BCUT2D eigenvalue weighted by Gasteiger charge is -2.33. The molecule has 86 valence electrons. The molecule has 0 aliphatic heterocycles. The Kier molecular flexibility index (Phi) is 4.04. The number of alkyl halides is 3. The van der Waals surface area contributed by atoms with E-state index in [1.54, 1.807) is 7.05 Å². The van der Waals surface area contributed by atoms with E-state index in [4.69, 9.17) is 6.42 Å². The molecule has 0 bridgehead atoms. The van der Waals surface area contributed by atoms with E-state index in [9.17, 15) is 13.2 Å². The van der Waals surface area contributed by atoms with Crippen molar-refractivity contribution in [2.75, 3.05) is 7.05 Å². The average Bonchev–Trinajstić information content (AvgIpc) is 2.19. The van der Waals surface area contributed by atoms with Crippen LogP contribution in [0.5, 0.6) is 0 Å². The van der Waals surface area contributed by atoms with Crippen molar-refractivity contribution in [1.29, 1.82) is 0 Å². The van der Waals surface area contributed by atoms with E-state index < -0.39 is 12.1 Å². The van der Waals surface area contributed by atoms with Crippen molar-refractivity contribution in [3.8, 4) is 12.3 Å². The summed E-state index contributed by atoms with van der Waals surface area (Å²) < 4.78 is 37.5. The fraction of sp³-hybridized carbons (Fsp3) is 0.818. The minimum Gasteiger partial charge on any atom is -0.307 e. The lowest BCUT2D eigenvalue weighted by Crippen LogP contribution is -2.38. The van der Waals surface area contributed by atoms with Gasteiger partial charge in [0.25, 0.3) is 0 Å². The van der Waals surface area contributed by atoms with Crippen molar-refractivity contribution in [2.24, 2.45) is 11.8 Å². The summed E-state index contributed by atoms with van der Waals surface area (Å²) in [5.74, 6) is 1.31. The highest BCUT2D eigenvalue weighted by molar-refractivity contribution is 5.03. The van der Waals surface area contributed by atoms with Crippen LogP contribution in [-0.4, -0.2) is 19.3 Å². The standard InChI is InChI=1S/C11H16F3N/c1-3-10(15-2)8-5-4-6-9(7-8)11(12,13)14/h1,8-10,15H,4-7H2,2H3. The maximum absolute atomic E-state index is 12.5. The van der Waals surface area contributed by atoms with Crippen LogP contribution in [0.4, 0.5) is 13.2 Å². The Hall–Kier alpha value is -0.690. The molecule has 1 aliphatic carbocycles. The third-order valence-electron chi connectivity index (χ3n) is 3.14.